The standard InChI is InChI=1S/C12H20N2S/c1-9(2)7-12-14-11(8-15-12)5-6-13-10-3-4-10/h8-10,13H,3-7H2,1-2H3. The maximum Gasteiger partial charge on any atom is 0.0930 e. The van der Waals surface area contributed by atoms with Crippen molar-refractivity contribution in [3.8, 4) is 0 Å². The Hall–Kier alpha value is -0.410. The molecule has 15 heavy (non-hydrogen) atoms. The van der Waals surface area contributed by atoms with E-state index < -0.39 is 0 Å². The number of hydrogen-bond donors (Lipinski definition) is 1. The summed E-state index contributed by atoms with van der Waals surface area (Å²) in [4.78, 5) is 4.65. The number of nitrogens with zero attached hydrogens (tertiary/aromatic N) is 1. The van der Waals surface area contributed by atoms with Crippen LogP contribution < -0.4 is 5.32 Å². The number of thiazole rings is 1. The van der Waals surface area contributed by atoms with Crippen molar-refractivity contribution in [1.29, 1.82) is 0 Å². The minimum Gasteiger partial charge on any atom is -0.314 e. The fourth-order valence-electron chi connectivity index (χ4n) is 1.60. The van der Waals surface area contributed by atoms with E-state index in [1.807, 2.05) is 11.3 Å². The van der Waals surface area contributed by atoms with E-state index in [2.05, 4.69) is 29.5 Å². The SMILES string of the molecule is CC(C)Cc1nc(CCNC2CC2)cs1. The molecule has 0 spiro atoms. The highest BCUT2D eigenvalue weighted by Gasteiger charge is 2.19. The van der Waals surface area contributed by atoms with Gasteiger partial charge in [0.15, 0.2) is 0 Å². The molecule has 1 aliphatic carbocycles. The summed E-state index contributed by atoms with van der Waals surface area (Å²) >= 11 is 1.81. The highest BCUT2D eigenvalue weighted by molar-refractivity contribution is 7.09. The second-order valence-electron chi connectivity index (χ2n) is 4.81. The van der Waals surface area contributed by atoms with Gasteiger partial charge >= 0.3 is 0 Å². The van der Waals surface area contributed by atoms with Crippen molar-refractivity contribution in [1.82, 2.24) is 10.3 Å². The predicted molar refractivity (Wildman–Crippen MR) is 65.4 cm³/mol. The lowest BCUT2D eigenvalue weighted by atomic mass is 10.1. The maximum atomic E-state index is 4.65. The minimum atomic E-state index is 0.716. The molecule has 3 heteroatoms. The van der Waals surface area contributed by atoms with Crippen molar-refractivity contribution < 1.29 is 0 Å². The molecule has 1 heterocycles. The lowest BCUT2D eigenvalue weighted by molar-refractivity contribution is 0.639. The van der Waals surface area contributed by atoms with E-state index >= 15 is 0 Å². The van der Waals surface area contributed by atoms with E-state index in [1.165, 1.54) is 23.5 Å². The number of aromatic nitrogens is 1. The van der Waals surface area contributed by atoms with Gasteiger partial charge in [-0.2, -0.15) is 0 Å². The Kier molecular flexibility index (Phi) is 3.76. The van der Waals surface area contributed by atoms with Crippen LogP contribution in [0, 0.1) is 5.92 Å². The van der Waals surface area contributed by atoms with Gasteiger partial charge in [0.25, 0.3) is 0 Å². The monoisotopic (exact) mass is 224 g/mol. The molecule has 1 N–H and O–H groups in total. The van der Waals surface area contributed by atoms with Crippen molar-refractivity contribution in [2.24, 2.45) is 5.92 Å². The summed E-state index contributed by atoms with van der Waals surface area (Å²) in [5.74, 6) is 0.716. The van der Waals surface area contributed by atoms with Gasteiger partial charge in [0.1, 0.15) is 0 Å². The Morgan fingerprint density at radius 2 is 2.33 bits per heavy atom. The summed E-state index contributed by atoms with van der Waals surface area (Å²) < 4.78 is 0. The molecular formula is C12H20N2S. The molecule has 0 unspecified atom stereocenters. The normalized spacial score (nSPS) is 16.2. The second kappa shape index (κ2) is 5.08. The molecule has 1 fully saturated rings. The van der Waals surface area contributed by atoms with E-state index in [-0.39, 0.29) is 0 Å². The van der Waals surface area contributed by atoms with E-state index in [0.29, 0.717) is 5.92 Å². The lowest BCUT2D eigenvalue weighted by Gasteiger charge is -2.00. The molecule has 0 atom stereocenters. The smallest absolute Gasteiger partial charge is 0.0930 e. The second-order valence-corrected chi connectivity index (χ2v) is 5.75. The third kappa shape index (κ3) is 3.92. The molecule has 1 aromatic heterocycles. The number of hydrogen-bond acceptors (Lipinski definition) is 3. The Morgan fingerprint density at radius 1 is 1.53 bits per heavy atom. The molecule has 1 saturated carbocycles. The van der Waals surface area contributed by atoms with E-state index in [9.17, 15) is 0 Å². The molecule has 0 bridgehead atoms. The van der Waals surface area contributed by atoms with Crippen LogP contribution in [-0.2, 0) is 12.8 Å². The number of nitrogens with one attached hydrogen (secondary N) is 1. The molecule has 2 nitrogen and oxygen atoms in total. The highest BCUT2D eigenvalue weighted by Crippen LogP contribution is 2.19. The molecule has 84 valence electrons. The first kappa shape index (κ1) is 11.1. The van der Waals surface area contributed by atoms with Crippen LogP contribution in [0.1, 0.15) is 37.4 Å². The third-order valence-electron chi connectivity index (χ3n) is 2.57. The predicted octanol–water partition coefficient (Wildman–Crippen LogP) is 2.64. The largest absolute Gasteiger partial charge is 0.314 e. The molecule has 0 aromatic carbocycles. The summed E-state index contributed by atoms with van der Waals surface area (Å²) in [6.45, 7) is 5.58. The summed E-state index contributed by atoms with van der Waals surface area (Å²) in [7, 11) is 0. The first-order valence-corrected chi connectivity index (χ1v) is 6.78. The van der Waals surface area contributed by atoms with Gasteiger partial charge in [-0.15, -0.1) is 11.3 Å². The summed E-state index contributed by atoms with van der Waals surface area (Å²) in [5, 5.41) is 7.03. The molecule has 0 saturated heterocycles. The number of rotatable bonds is 6. The molecule has 1 aliphatic rings. The van der Waals surface area contributed by atoms with Gasteiger partial charge < -0.3 is 5.32 Å². The topological polar surface area (TPSA) is 24.9 Å². The molecule has 0 amide bonds. The van der Waals surface area contributed by atoms with Crippen LogP contribution in [0.4, 0.5) is 0 Å². The third-order valence-corrected chi connectivity index (χ3v) is 3.49. The summed E-state index contributed by atoms with van der Waals surface area (Å²) in [5.41, 5.74) is 1.27. The van der Waals surface area contributed by atoms with Gasteiger partial charge in [-0.05, 0) is 18.8 Å². The maximum absolute atomic E-state index is 4.65. The van der Waals surface area contributed by atoms with Crippen LogP contribution in [-0.4, -0.2) is 17.6 Å². The molecule has 0 radical (unpaired) electrons. The average molecular weight is 224 g/mol. The van der Waals surface area contributed by atoms with Crippen LogP contribution in [0.2, 0.25) is 0 Å². The average Bonchev–Trinajstić information content (AvgIpc) is 2.88. The quantitative estimate of drug-likeness (QED) is 0.803. The zero-order valence-corrected chi connectivity index (χ0v) is 10.4. The van der Waals surface area contributed by atoms with Crippen molar-refractivity contribution in [2.75, 3.05) is 6.54 Å². The molecule has 0 aliphatic heterocycles. The zero-order chi connectivity index (χ0) is 10.7. The summed E-state index contributed by atoms with van der Waals surface area (Å²) in [6, 6.07) is 0.818. The van der Waals surface area contributed by atoms with Crippen LogP contribution >= 0.6 is 11.3 Å². The van der Waals surface area contributed by atoms with Crippen LogP contribution in [0.3, 0.4) is 0 Å². The van der Waals surface area contributed by atoms with Crippen molar-refractivity contribution in [2.45, 2.75) is 45.6 Å². The van der Waals surface area contributed by atoms with Gasteiger partial charge in [-0.1, -0.05) is 13.8 Å². The van der Waals surface area contributed by atoms with Gasteiger partial charge in [0.2, 0.25) is 0 Å². The zero-order valence-electron chi connectivity index (χ0n) is 9.62. The Bertz CT molecular complexity index is 302. The molecule has 1 aromatic rings. The van der Waals surface area contributed by atoms with Gasteiger partial charge in [-0.25, -0.2) is 4.98 Å². The lowest BCUT2D eigenvalue weighted by Crippen LogP contribution is -2.19. The van der Waals surface area contributed by atoms with Gasteiger partial charge in [0.05, 0.1) is 10.7 Å². The fraction of sp³-hybridized carbons (Fsp3) is 0.750. The van der Waals surface area contributed by atoms with Crippen molar-refractivity contribution >= 4 is 11.3 Å². The highest BCUT2D eigenvalue weighted by atomic mass is 32.1. The van der Waals surface area contributed by atoms with Gasteiger partial charge in [-0.3, -0.25) is 0 Å². The van der Waals surface area contributed by atoms with E-state index in [0.717, 1.165) is 25.4 Å². The van der Waals surface area contributed by atoms with Crippen LogP contribution in [0.25, 0.3) is 0 Å². The van der Waals surface area contributed by atoms with Crippen molar-refractivity contribution in [3.63, 3.8) is 0 Å². The first-order chi connectivity index (χ1) is 7.24. The molecule has 2 rings (SSSR count). The van der Waals surface area contributed by atoms with E-state index in [1.54, 1.807) is 0 Å². The van der Waals surface area contributed by atoms with Crippen LogP contribution in [0.15, 0.2) is 5.38 Å². The van der Waals surface area contributed by atoms with Crippen LogP contribution in [0.5, 0.6) is 0 Å². The molecular weight excluding hydrogens is 204 g/mol. The summed E-state index contributed by atoms with van der Waals surface area (Å²) in [6.07, 6.45) is 4.96. The minimum absolute atomic E-state index is 0.716. The first-order valence-electron chi connectivity index (χ1n) is 5.90. The fourth-order valence-corrected chi connectivity index (χ4v) is 2.64. The van der Waals surface area contributed by atoms with Gasteiger partial charge in [0, 0.05) is 30.8 Å². The Balaban J connectivity index is 1.73. The Labute approximate surface area is 96.1 Å². The van der Waals surface area contributed by atoms with Crippen molar-refractivity contribution in [3.05, 3.63) is 16.1 Å². The van der Waals surface area contributed by atoms with E-state index in [4.69, 9.17) is 0 Å². The Morgan fingerprint density at radius 3 is 3.00 bits per heavy atom.